The van der Waals surface area contributed by atoms with E-state index < -0.39 is 0 Å². The SMILES string of the molecule is CCCCN(CCCC)CCCn1c(-c2ccccc2)nc2cc(Cl)ccc21. The van der Waals surface area contributed by atoms with Crippen molar-refractivity contribution in [1.82, 2.24) is 14.5 Å². The van der Waals surface area contributed by atoms with Gasteiger partial charge in [0, 0.05) is 17.1 Å². The van der Waals surface area contributed by atoms with Crippen LogP contribution < -0.4 is 0 Å². The third-order valence-corrected chi connectivity index (χ3v) is 5.49. The fraction of sp³-hybridized carbons (Fsp3) is 0.458. The molecule has 0 aliphatic carbocycles. The van der Waals surface area contributed by atoms with Gasteiger partial charge in [0.1, 0.15) is 5.82 Å². The fourth-order valence-electron chi connectivity index (χ4n) is 3.69. The molecule has 3 nitrogen and oxygen atoms in total. The van der Waals surface area contributed by atoms with Gasteiger partial charge in [0.2, 0.25) is 0 Å². The van der Waals surface area contributed by atoms with Crippen LogP contribution in [-0.2, 0) is 6.54 Å². The van der Waals surface area contributed by atoms with Gasteiger partial charge >= 0.3 is 0 Å². The second-order valence-corrected chi connectivity index (χ2v) is 7.92. The summed E-state index contributed by atoms with van der Waals surface area (Å²) >= 11 is 6.21. The van der Waals surface area contributed by atoms with Crippen molar-refractivity contribution in [2.45, 2.75) is 52.5 Å². The summed E-state index contributed by atoms with van der Waals surface area (Å²) in [5, 5.41) is 0.738. The van der Waals surface area contributed by atoms with Gasteiger partial charge in [-0.25, -0.2) is 4.98 Å². The van der Waals surface area contributed by atoms with Crippen LogP contribution in [0.4, 0.5) is 0 Å². The van der Waals surface area contributed by atoms with Gasteiger partial charge in [-0.15, -0.1) is 0 Å². The predicted octanol–water partition coefficient (Wildman–Crippen LogP) is 6.65. The molecule has 3 aromatic rings. The van der Waals surface area contributed by atoms with E-state index in [0.717, 1.165) is 47.0 Å². The Balaban J connectivity index is 1.79. The third kappa shape index (κ3) is 5.36. The average Bonchev–Trinajstić information content (AvgIpc) is 3.07. The highest BCUT2D eigenvalue weighted by Crippen LogP contribution is 2.27. The number of halogens is 1. The van der Waals surface area contributed by atoms with Crippen LogP contribution in [0.1, 0.15) is 46.0 Å². The zero-order valence-electron chi connectivity index (χ0n) is 17.2. The van der Waals surface area contributed by atoms with E-state index in [4.69, 9.17) is 16.6 Å². The van der Waals surface area contributed by atoms with Crippen molar-refractivity contribution >= 4 is 22.6 Å². The van der Waals surface area contributed by atoms with Crippen LogP contribution in [-0.4, -0.2) is 34.1 Å². The molecule has 0 unspecified atom stereocenters. The van der Waals surface area contributed by atoms with E-state index in [-0.39, 0.29) is 0 Å². The Hall–Kier alpha value is -1.84. The molecule has 3 rings (SSSR count). The molecule has 0 amide bonds. The number of rotatable bonds is 11. The topological polar surface area (TPSA) is 21.1 Å². The maximum absolute atomic E-state index is 6.21. The number of unbranched alkanes of at least 4 members (excludes halogenated alkanes) is 2. The van der Waals surface area contributed by atoms with Gasteiger partial charge in [0.25, 0.3) is 0 Å². The van der Waals surface area contributed by atoms with Gasteiger partial charge in [-0.3, -0.25) is 0 Å². The van der Waals surface area contributed by atoms with Gasteiger partial charge < -0.3 is 9.47 Å². The van der Waals surface area contributed by atoms with Gasteiger partial charge in [0.15, 0.2) is 0 Å². The van der Waals surface area contributed by atoms with Crippen LogP contribution >= 0.6 is 11.6 Å². The molecule has 1 aromatic heterocycles. The average molecular weight is 398 g/mol. The molecule has 150 valence electrons. The molecule has 0 spiro atoms. The van der Waals surface area contributed by atoms with Crippen LogP contribution in [0.25, 0.3) is 22.4 Å². The van der Waals surface area contributed by atoms with Crippen molar-refractivity contribution in [3.8, 4) is 11.4 Å². The Bertz CT molecular complexity index is 849. The number of aromatic nitrogens is 2. The number of hydrogen-bond donors (Lipinski definition) is 0. The number of imidazole rings is 1. The Kier molecular flexibility index (Phi) is 7.93. The molecule has 0 bridgehead atoms. The molecule has 0 saturated carbocycles. The van der Waals surface area contributed by atoms with Crippen LogP contribution in [0.5, 0.6) is 0 Å². The standard InChI is InChI=1S/C24H32ClN3/c1-3-5-15-27(16-6-4-2)17-10-18-28-23-14-13-21(25)19-22(23)26-24(28)20-11-8-7-9-12-20/h7-9,11-14,19H,3-6,10,15-18H2,1-2H3. The van der Waals surface area contributed by atoms with Gasteiger partial charge in [-0.2, -0.15) is 0 Å². The lowest BCUT2D eigenvalue weighted by atomic mass is 10.2. The summed E-state index contributed by atoms with van der Waals surface area (Å²) in [4.78, 5) is 7.54. The zero-order valence-corrected chi connectivity index (χ0v) is 18.0. The molecular formula is C24H32ClN3. The van der Waals surface area contributed by atoms with Crippen molar-refractivity contribution in [1.29, 1.82) is 0 Å². The van der Waals surface area contributed by atoms with Gasteiger partial charge in [-0.05, 0) is 57.1 Å². The summed E-state index contributed by atoms with van der Waals surface area (Å²) in [6, 6.07) is 16.5. The molecule has 4 heteroatoms. The summed E-state index contributed by atoms with van der Waals surface area (Å²) in [7, 11) is 0. The molecule has 0 atom stereocenters. The molecule has 28 heavy (non-hydrogen) atoms. The molecule has 0 radical (unpaired) electrons. The van der Waals surface area contributed by atoms with Gasteiger partial charge in [-0.1, -0.05) is 68.6 Å². The Morgan fingerprint density at radius 2 is 1.57 bits per heavy atom. The van der Waals surface area contributed by atoms with Crippen molar-refractivity contribution < 1.29 is 0 Å². The van der Waals surface area contributed by atoms with E-state index in [1.54, 1.807) is 0 Å². The minimum atomic E-state index is 0.738. The van der Waals surface area contributed by atoms with Crippen molar-refractivity contribution in [2.75, 3.05) is 19.6 Å². The van der Waals surface area contributed by atoms with E-state index in [1.807, 2.05) is 18.2 Å². The summed E-state index contributed by atoms with van der Waals surface area (Å²) in [5.41, 5.74) is 3.29. The fourth-order valence-corrected chi connectivity index (χ4v) is 3.85. The molecule has 0 fully saturated rings. The molecule has 2 aromatic carbocycles. The van der Waals surface area contributed by atoms with E-state index in [9.17, 15) is 0 Å². The Morgan fingerprint density at radius 1 is 0.893 bits per heavy atom. The lowest BCUT2D eigenvalue weighted by molar-refractivity contribution is 0.258. The van der Waals surface area contributed by atoms with Crippen LogP contribution in [0.3, 0.4) is 0 Å². The summed E-state index contributed by atoms with van der Waals surface area (Å²) in [5.74, 6) is 1.03. The van der Waals surface area contributed by atoms with Gasteiger partial charge in [0.05, 0.1) is 11.0 Å². The Morgan fingerprint density at radius 3 is 2.25 bits per heavy atom. The first-order valence-corrected chi connectivity index (χ1v) is 11.0. The molecule has 0 saturated heterocycles. The summed E-state index contributed by atoms with van der Waals surface area (Å²) in [6.07, 6.45) is 6.21. The molecule has 0 aliphatic rings. The summed E-state index contributed by atoms with van der Waals surface area (Å²) in [6.45, 7) is 9.07. The second-order valence-electron chi connectivity index (χ2n) is 7.49. The quantitative estimate of drug-likeness (QED) is 0.361. The zero-order chi connectivity index (χ0) is 19.8. The van der Waals surface area contributed by atoms with E-state index in [1.165, 1.54) is 38.8 Å². The maximum atomic E-state index is 6.21. The highest BCUT2D eigenvalue weighted by molar-refractivity contribution is 6.31. The van der Waals surface area contributed by atoms with E-state index >= 15 is 0 Å². The van der Waals surface area contributed by atoms with E-state index in [2.05, 4.69) is 53.6 Å². The lowest BCUT2D eigenvalue weighted by Gasteiger charge is -2.22. The van der Waals surface area contributed by atoms with Crippen LogP contribution in [0.15, 0.2) is 48.5 Å². The third-order valence-electron chi connectivity index (χ3n) is 5.25. The first-order valence-electron chi connectivity index (χ1n) is 10.7. The number of nitrogens with zero attached hydrogens (tertiary/aromatic N) is 3. The monoisotopic (exact) mass is 397 g/mol. The van der Waals surface area contributed by atoms with Crippen LogP contribution in [0, 0.1) is 0 Å². The molecular weight excluding hydrogens is 366 g/mol. The maximum Gasteiger partial charge on any atom is 0.141 e. The first kappa shape index (κ1) is 20.9. The normalized spacial score (nSPS) is 11.6. The minimum Gasteiger partial charge on any atom is -0.324 e. The summed E-state index contributed by atoms with van der Waals surface area (Å²) < 4.78 is 2.36. The number of benzene rings is 2. The molecule has 0 aliphatic heterocycles. The van der Waals surface area contributed by atoms with E-state index in [0.29, 0.717) is 0 Å². The molecule has 1 heterocycles. The number of hydrogen-bond acceptors (Lipinski definition) is 2. The minimum absolute atomic E-state index is 0.738. The van der Waals surface area contributed by atoms with Crippen molar-refractivity contribution in [3.05, 3.63) is 53.6 Å². The van der Waals surface area contributed by atoms with Crippen molar-refractivity contribution in [3.63, 3.8) is 0 Å². The van der Waals surface area contributed by atoms with Crippen LogP contribution in [0.2, 0.25) is 5.02 Å². The molecule has 0 N–H and O–H groups in total. The number of fused-ring (bicyclic) bond motifs is 1. The first-order chi connectivity index (χ1) is 13.7. The largest absolute Gasteiger partial charge is 0.324 e. The predicted molar refractivity (Wildman–Crippen MR) is 121 cm³/mol. The van der Waals surface area contributed by atoms with Crippen molar-refractivity contribution in [2.24, 2.45) is 0 Å². The highest BCUT2D eigenvalue weighted by atomic mass is 35.5. The number of aryl methyl sites for hydroxylation is 1. The highest BCUT2D eigenvalue weighted by Gasteiger charge is 2.13. The smallest absolute Gasteiger partial charge is 0.141 e. The lowest BCUT2D eigenvalue weighted by Crippen LogP contribution is -2.28. The second kappa shape index (κ2) is 10.6. The Labute approximate surface area is 174 Å².